The van der Waals surface area contributed by atoms with E-state index in [1.807, 2.05) is 12.3 Å². The normalized spacial score (nSPS) is 19.6. The molecule has 1 aromatic heterocycles. The summed E-state index contributed by atoms with van der Waals surface area (Å²) in [5.41, 5.74) is 2.71. The molecule has 0 aliphatic heterocycles. The van der Waals surface area contributed by atoms with Crippen molar-refractivity contribution in [2.75, 3.05) is 6.54 Å². The van der Waals surface area contributed by atoms with Gasteiger partial charge in [0.25, 0.3) is 0 Å². The molecular weight excluding hydrogens is 172 g/mol. The molecule has 0 bridgehead atoms. The second kappa shape index (κ2) is 4.56. The van der Waals surface area contributed by atoms with Crippen molar-refractivity contribution in [3.05, 3.63) is 29.6 Å². The van der Waals surface area contributed by atoms with Crippen LogP contribution in [0.15, 0.2) is 18.3 Å². The minimum absolute atomic E-state index is 0.512. The Balaban J connectivity index is 1.96. The fourth-order valence-corrected chi connectivity index (χ4v) is 2.06. The van der Waals surface area contributed by atoms with Crippen molar-refractivity contribution in [3.63, 3.8) is 0 Å². The van der Waals surface area contributed by atoms with Gasteiger partial charge in [0.05, 0.1) is 11.7 Å². The predicted octanol–water partition coefficient (Wildman–Crippen LogP) is 2.46. The Kier molecular flexibility index (Phi) is 3.14. The molecule has 0 spiro atoms. The molecular formula is C12H18N2. The average molecular weight is 190 g/mol. The highest BCUT2D eigenvalue weighted by atomic mass is 14.9. The minimum atomic E-state index is 0.512. The largest absolute Gasteiger partial charge is 0.309 e. The van der Waals surface area contributed by atoms with Gasteiger partial charge in [0.15, 0.2) is 0 Å². The summed E-state index contributed by atoms with van der Waals surface area (Å²) < 4.78 is 0. The standard InChI is InChI=1S/C12H18N2/c1-2-3-8-13-11-7-6-10-5-4-9-14-12(10)11/h4-5,9,11,13H,2-3,6-8H2,1H3. The molecule has 1 heterocycles. The SMILES string of the molecule is CCCCNC1CCc2cccnc21. The van der Waals surface area contributed by atoms with Crippen molar-refractivity contribution < 1.29 is 0 Å². The highest BCUT2D eigenvalue weighted by Gasteiger charge is 2.22. The topological polar surface area (TPSA) is 24.9 Å². The maximum absolute atomic E-state index is 4.46. The number of fused-ring (bicyclic) bond motifs is 1. The summed E-state index contributed by atoms with van der Waals surface area (Å²) in [6.45, 7) is 3.35. The highest BCUT2D eigenvalue weighted by molar-refractivity contribution is 5.27. The molecule has 1 aliphatic rings. The summed E-state index contributed by atoms with van der Waals surface area (Å²) in [5, 5.41) is 3.58. The van der Waals surface area contributed by atoms with Gasteiger partial charge in [-0.1, -0.05) is 19.4 Å². The number of hydrogen-bond donors (Lipinski definition) is 1. The predicted molar refractivity (Wildman–Crippen MR) is 58.2 cm³/mol. The Morgan fingerprint density at radius 3 is 3.36 bits per heavy atom. The van der Waals surface area contributed by atoms with E-state index in [2.05, 4.69) is 23.3 Å². The molecule has 0 aromatic carbocycles. The number of hydrogen-bond acceptors (Lipinski definition) is 2. The summed E-state index contributed by atoms with van der Waals surface area (Å²) >= 11 is 0. The Morgan fingerprint density at radius 2 is 2.50 bits per heavy atom. The van der Waals surface area contributed by atoms with E-state index < -0.39 is 0 Å². The highest BCUT2D eigenvalue weighted by Crippen LogP contribution is 2.28. The van der Waals surface area contributed by atoms with Crippen LogP contribution in [-0.4, -0.2) is 11.5 Å². The van der Waals surface area contributed by atoms with Gasteiger partial charge in [0, 0.05) is 6.20 Å². The lowest BCUT2D eigenvalue weighted by Crippen LogP contribution is -2.20. The number of pyridine rings is 1. The zero-order chi connectivity index (χ0) is 9.80. The van der Waals surface area contributed by atoms with E-state index >= 15 is 0 Å². The van der Waals surface area contributed by atoms with Crippen molar-refractivity contribution in [2.45, 2.75) is 38.6 Å². The number of unbranched alkanes of at least 4 members (excludes halogenated alkanes) is 1. The van der Waals surface area contributed by atoms with Crippen LogP contribution < -0.4 is 5.32 Å². The van der Waals surface area contributed by atoms with Crippen LogP contribution in [0, 0.1) is 0 Å². The third kappa shape index (κ3) is 1.95. The fourth-order valence-electron chi connectivity index (χ4n) is 2.06. The van der Waals surface area contributed by atoms with Crippen LogP contribution >= 0.6 is 0 Å². The van der Waals surface area contributed by atoms with Crippen molar-refractivity contribution in [1.82, 2.24) is 10.3 Å². The molecule has 0 saturated heterocycles. The number of aryl methyl sites for hydroxylation is 1. The van der Waals surface area contributed by atoms with Gasteiger partial charge in [-0.3, -0.25) is 4.98 Å². The third-order valence-corrected chi connectivity index (χ3v) is 2.88. The Hall–Kier alpha value is -0.890. The zero-order valence-electron chi connectivity index (χ0n) is 8.79. The lowest BCUT2D eigenvalue weighted by molar-refractivity contribution is 0.510. The Bertz CT molecular complexity index is 296. The van der Waals surface area contributed by atoms with E-state index in [0.29, 0.717) is 6.04 Å². The van der Waals surface area contributed by atoms with Gasteiger partial charge in [-0.15, -0.1) is 0 Å². The molecule has 0 saturated carbocycles. The first-order chi connectivity index (χ1) is 6.92. The van der Waals surface area contributed by atoms with Gasteiger partial charge >= 0.3 is 0 Å². The summed E-state index contributed by atoms with van der Waals surface area (Å²) in [5.74, 6) is 0. The number of nitrogens with one attached hydrogen (secondary N) is 1. The van der Waals surface area contributed by atoms with Crippen molar-refractivity contribution in [1.29, 1.82) is 0 Å². The minimum Gasteiger partial charge on any atom is -0.309 e. The molecule has 2 nitrogen and oxygen atoms in total. The van der Waals surface area contributed by atoms with Gasteiger partial charge in [0.1, 0.15) is 0 Å². The Morgan fingerprint density at radius 1 is 1.57 bits per heavy atom. The number of nitrogens with zero attached hydrogens (tertiary/aromatic N) is 1. The summed E-state index contributed by atoms with van der Waals surface area (Å²) in [7, 11) is 0. The van der Waals surface area contributed by atoms with Crippen molar-refractivity contribution >= 4 is 0 Å². The first kappa shape index (κ1) is 9.66. The molecule has 0 amide bonds. The Labute approximate surface area is 85.7 Å². The summed E-state index contributed by atoms with van der Waals surface area (Å²) in [6.07, 6.45) is 6.83. The number of aromatic nitrogens is 1. The maximum Gasteiger partial charge on any atom is 0.0605 e. The van der Waals surface area contributed by atoms with Crippen LogP contribution in [0.1, 0.15) is 43.5 Å². The molecule has 1 aliphatic carbocycles. The molecule has 76 valence electrons. The smallest absolute Gasteiger partial charge is 0.0605 e. The molecule has 1 aromatic rings. The van der Waals surface area contributed by atoms with Gasteiger partial charge in [-0.25, -0.2) is 0 Å². The van der Waals surface area contributed by atoms with Gasteiger partial charge < -0.3 is 5.32 Å². The second-order valence-electron chi connectivity index (χ2n) is 3.95. The van der Waals surface area contributed by atoms with Crippen LogP contribution in [-0.2, 0) is 6.42 Å². The zero-order valence-corrected chi connectivity index (χ0v) is 8.79. The van der Waals surface area contributed by atoms with E-state index in [9.17, 15) is 0 Å². The van der Waals surface area contributed by atoms with Gasteiger partial charge in [-0.2, -0.15) is 0 Å². The van der Waals surface area contributed by atoms with Gasteiger partial charge in [-0.05, 0) is 37.4 Å². The van der Waals surface area contributed by atoms with Gasteiger partial charge in [0.2, 0.25) is 0 Å². The molecule has 1 atom stereocenters. The maximum atomic E-state index is 4.46. The molecule has 0 radical (unpaired) electrons. The van der Waals surface area contributed by atoms with Crippen molar-refractivity contribution in [3.8, 4) is 0 Å². The van der Waals surface area contributed by atoms with Crippen LogP contribution in [0.5, 0.6) is 0 Å². The number of rotatable bonds is 4. The molecule has 2 rings (SSSR count). The molecule has 1 N–H and O–H groups in total. The molecule has 2 heteroatoms. The van der Waals surface area contributed by atoms with Crippen LogP contribution in [0.2, 0.25) is 0 Å². The second-order valence-corrected chi connectivity index (χ2v) is 3.95. The first-order valence-electron chi connectivity index (χ1n) is 5.59. The van der Waals surface area contributed by atoms with E-state index in [1.54, 1.807) is 0 Å². The lowest BCUT2D eigenvalue weighted by atomic mass is 10.2. The average Bonchev–Trinajstić information content (AvgIpc) is 2.63. The van der Waals surface area contributed by atoms with E-state index in [0.717, 1.165) is 6.54 Å². The molecule has 1 unspecified atom stereocenters. The van der Waals surface area contributed by atoms with E-state index in [1.165, 1.54) is 36.9 Å². The van der Waals surface area contributed by atoms with Crippen molar-refractivity contribution in [2.24, 2.45) is 0 Å². The van der Waals surface area contributed by atoms with Crippen LogP contribution in [0.25, 0.3) is 0 Å². The first-order valence-corrected chi connectivity index (χ1v) is 5.59. The lowest BCUT2D eigenvalue weighted by Gasteiger charge is -2.12. The van der Waals surface area contributed by atoms with Crippen LogP contribution in [0.4, 0.5) is 0 Å². The monoisotopic (exact) mass is 190 g/mol. The molecule has 14 heavy (non-hydrogen) atoms. The van der Waals surface area contributed by atoms with E-state index in [4.69, 9.17) is 0 Å². The fraction of sp³-hybridized carbons (Fsp3) is 0.583. The van der Waals surface area contributed by atoms with Crippen LogP contribution in [0.3, 0.4) is 0 Å². The molecule has 0 fully saturated rings. The third-order valence-electron chi connectivity index (χ3n) is 2.88. The summed E-state index contributed by atoms with van der Waals surface area (Å²) in [4.78, 5) is 4.46. The quantitative estimate of drug-likeness (QED) is 0.738. The van der Waals surface area contributed by atoms with E-state index in [-0.39, 0.29) is 0 Å². The summed E-state index contributed by atoms with van der Waals surface area (Å²) in [6, 6.07) is 4.75.